The number of anilines is 1. The minimum atomic E-state index is -3.63. The Morgan fingerprint density at radius 1 is 1.07 bits per heavy atom. The number of hydrogen-bond acceptors (Lipinski definition) is 3. The molecule has 0 heterocycles. The lowest BCUT2D eigenvalue weighted by molar-refractivity contribution is -0.131. The molecule has 0 aliphatic heterocycles. The topological polar surface area (TPSA) is 57.7 Å². The molecular formula is C20H25ClN2O3S. The van der Waals surface area contributed by atoms with E-state index in [1.54, 1.807) is 36.2 Å². The summed E-state index contributed by atoms with van der Waals surface area (Å²) in [5.41, 5.74) is 2.43. The van der Waals surface area contributed by atoms with E-state index in [2.05, 4.69) is 0 Å². The Morgan fingerprint density at radius 3 is 2.11 bits per heavy atom. The monoisotopic (exact) mass is 408 g/mol. The molecule has 1 amide bonds. The Hall–Kier alpha value is -2.05. The van der Waals surface area contributed by atoms with Crippen LogP contribution in [0.5, 0.6) is 0 Å². The van der Waals surface area contributed by atoms with Gasteiger partial charge < -0.3 is 4.90 Å². The molecule has 2 aromatic rings. The molecule has 0 radical (unpaired) electrons. The van der Waals surface area contributed by atoms with Crippen LogP contribution in [0.3, 0.4) is 0 Å². The van der Waals surface area contributed by atoms with Gasteiger partial charge in [0.05, 0.1) is 11.9 Å². The molecule has 0 aliphatic rings. The number of aryl methyl sites for hydroxylation is 1. The van der Waals surface area contributed by atoms with Gasteiger partial charge in [-0.25, -0.2) is 8.42 Å². The molecule has 0 saturated heterocycles. The molecule has 0 bridgehead atoms. The number of carbonyl (C=O) groups is 1. The number of halogens is 1. The quantitative estimate of drug-likeness (QED) is 0.699. The van der Waals surface area contributed by atoms with Gasteiger partial charge >= 0.3 is 0 Å². The lowest BCUT2D eigenvalue weighted by Gasteiger charge is -2.33. The van der Waals surface area contributed by atoms with Gasteiger partial charge in [0.15, 0.2) is 0 Å². The number of hydrogen-bond donors (Lipinski definition) is 0. The van der Waals surface area contributed by atoms with Gasteiger partial charge in [-0.15, -0.1) is 0 Å². The second-order valence-corrected chi connectivity index (χ2v) is 8.94. The summed E-state index contributed by atoms with van der Waals surface area (Å²) in [6, 6.07) is 13.5. The van der Waals surface area contributed by atoms with E-state index in [-0.39, 0.29) is 5.91 Å². The van der Waals surface area contributed by atoms with Crippen LogP contribution >= 0.6 is 11.6 Å². The van der Waals surface area contributed by atoms with E-state index in [9.17, 15) is 13.2 Å². The first-order chi connectivity index (χ1) is 12.6. The first-order valence-corrected chi connectivity index (χ1v) is 10.9. The third-order valence-electron chi connectivity index (χ3n) is 4.31. The summed E-state index contributed by atoms with van der Waals surface area (Å²) < 4.78 is 26.2. The van der Waals surface area contributed by atoms with Crippen molar-refractivity contribution in [3.05, 3.63) is 64.7 Å². The maximum absolute atomic E-state index is 13.1. The Bertz CT molecular complexity index is 880. The van der Waals surface area contributed by atoms with Gasteiger partial charge in [0.2, 0.25) is 15.9 Å². The smallest absolute Gasteiger partial charge is 0.246 e. The predicted octanol–water partition coefficient (Wildman–Crippen LogP) is 3.85. The van der Waals surface area contributed by atoms with Gasteiger partial charge in [0.1, 0.15) is 6.04 Å². The minimum absolute atomic E-state index is 0.251. The molecule has 0 unspecified atom stereocenters. The van der Waals surface area contributed by atoms with Crippen molar-refractivity contribution >= 4 is 33.2 Å². The van der Waals surface area contributed by atoms with Crippen LogP contribution in [0.25, 0.3) is 0 Å². The van der Waals surface area contributed by atoms with Crippen molar-refractivity contribution in [2.45, 2.75) is 32.9 Å². The van der Waals surface area contributed by atoms with Crippen LogP contribution in [0.1, 0.15) is 24.5 Å². The van der Waals surface area contributed by atoms with Gasteiger partial charge in [-0.1, -0.05) is 48.4 Å². The summed E-state index contributed by atoms with van der Waals surface area (Å²) in [5, 5.41) is 0.627. The molecule has 0 spiro atoms. The highest BCUT2D eigenvalue weighted by molar-refractivity contribution is 7.92. The lowest BCUT2D eigenvalue weighted by Crippen LogP contribution is -2.49. The van der Waals surface area contributed by atoms with Gasteiger partial charge in [0.25, 0.3) is 0 Å². The Balaban J connectivity index is 2.30. The number of amides is 1. The van der Waals surface area contributed by atoms with Gasteiger partial charge in [-0.2, -0.15) is 0 Å². The van der Waals surface area contributed by atoms with E-state index in [1.165, 1.54) is 4.31 Å². The second-order valence-electron chi connectivity index (χ2n) is 6.64. The zero-order valence-electron chi connectivity index (χ0n) is 16.0. The predicted molar refractivity (Wildman–Crippen MR) is 111 cm³/mol. The van der Waals surface area contributed by atoms with Crippen molar-refractivity contribution in [2.75, 3.05) is 17.6 Å². The van der Waals surface area contributed by atoms with Crippen molar-refractivity contribution in [2.24, 2.45) is 0 Å². The van der Waals surface area contributed by atoms with Crippen LogP contribution in [0.15, 0.2) is 48.5 Å². The van der Waals surface area contributed by atoms with Gasteiger partial charge in [-0.3, -0.25) is 9.10 Å². The van der Waals surface area contributed by atoms with Gasteiger partial charge in [0, 0.05) is 18.6 Å². The summed E-state index contributed by atoms with van der Waals surface area (Å²) in [7, 11) is -1.95. The van der Waals surface area contributed by atoms with Crippen molar-refractivity contribution in [1.29, 1.82) is 0 Å². The average Bonchev–Trinajstić information content (AvgIpc) is 2.61. The van der Waals surface area contributed by atoms with Crippen molar-refractivity contribution < 1.29 is 13.2 Å². The maximum Gasteiger partial charge on any atom is 0.246 e. The highest BCUT2D eigenvalue weighted by atomic mass is 35.5. The fraction of sp³-hybridized carbons (Fsp3) is 0.350. The molecule has 2 rings (SSSR count). The molecule has 1 atom stereocenters. The molecule has 0 N–H and O–H groups in total. The van der Waals surface area contributed by atoms with Crippen LogP contribution in [-0.2, 0) is 21.4 Å². The third kappa shape index (κ3) is 5.47. The fourth-order valence-electron chi connectivity index (χ4n) is 2.93. The van der Waals surface area contributed by atoms with Crippen molar-refractivity contribution in [1.82, 2.24) is 4.90 Å². The zero-order valence-corrected chi connectivity index (χ0v) is 17.6. The number of rotatable bonds is 7. The van der Waals surface area contributed by atoms with Crippen LogP contribution in [0, 0.1) is 6.92 Å². The summed E-state index contributed by atoms with van der Waals surface area (Å²) in [6.07, 6.45) is 1.49. The first-order valence-electron chi connectivity index (χ1n) is 8.69. The Labute approximate surface area is 166 Å². The number of nitrogens with zero attached hydrogens (tertiary/aromatic N) is 2. The molecule has 146 valence electrons. The van der Waals surface area contributed by atoms with Crippen LogP contribution < -0.4 is 4.31 Å². The van der Waals surface area contributed by atoms with E-state index >= 15 is 0 Å². The standard InChI is InChI=1S/C20H25ClN2O3S/c1-5-19(20(24)22(3)14-16-8-10-17(21)11-9-16)23(27(4,25)26)18-12-6-15(2)7-13-18/h6-13,19H,5,14H2,1-4H3/t19-/m1/s1. The highest BCUT2D eigenvalue weighted by Gasteiger charge is 2.33. The van der Waals surface area contributed by atoms with E-state index in [4.69, 9.17) is 11.6 Å². The normalized spacial score (nSPS) is 12.5. The van der Waals surface area contributed by atoms with E-state index < -0.39 is 16.1 Å². The van der Waals surface area contributed by atoms with Crippen molar-refractivity contribution in [3.8, 4) is 0 Å². The van der Waals surface area contributed by atoms with E-state index in [1.807, 2.05) is 38.1 Å². The summed E-state index contributed by atoms with van der Waals surface area (Å²) in [6.45, 7) is 4.11. The second kappa shape index (κ2) is 8.76. The number of carbonyl (C=O) groups excluding carboxylic acids is 1. The molecule has 0 fully saturated rings. The fourth-order valence-corrected chi connectivity index (χ4v) is 4.26. The number of benzene rings is 2. The first kappa shape index (κ1) is 21.3. The Morgan fingerprint density at radius 2 is 1.63 bits per heavy atom. The summed E-state index contributed by atoms with van der Waals surface area (Å²) in [4.78, 5) is 14.6. The molecule has 27 heavy (non-hydrogen) atoms. The molecular weight excluding hydrogens is 384 g/mol. The molecule has 2 aromatic carbocycles. The molecule has 0 saturated carbocycles. The largest absolute Gasteiger partial charge is 0.340 e. The molecule has 5 nitrogen and oxygen atoms in total. The summed E-state index contributed by atoms with van der Waals surface area (Å²) in [5.74, 6) is -0.251. The third-order valence-corrected chi connectivity index (χ3v) is 5.74. The van der Waals surface area contributed by atoms with Crippen LogP contribution in [-0.4, -0.2) is 38.6 Å². The number of sulfonamides is 1. The maximum atomic E-state index is 13.1. The lowest BCUT2D eigenvalue weighted by atomic mass is 10.1. The highest BCUT2D eigenvalue weighted by Crippen LogP contribution is 2.24. The van der Waals surface area contributed by atoms with Crippen molar-refractivity contribution in [3.63, 3.8) is 0 Å². The van der Waals surface area contributed by atoms with Gasteiger partial charge in [-0.05, 0) is 43.2 Å². The summed E-state index contributed by atoms with van der Waals surface area (Å²) >= 11 is 5.90. The SMILES string of the molecule is CC[C@H](C(=O)N(C)Cc1ccc(Cl)cc1)N(c1ccc(C)cc1)S(C)(=O)=O. The average molecular weight is 409 g/mol. The molecule has 0 aliphatic carbocycles. The molecule has 0 aromatic heterocycles. The van der Waals surface area contributed by atoms with Crippen LogP contribution in [0.2, 0.25) is 5.02 Å². The number of likely N-dealkylation sites (N-methyl/N-ethyl adjacent to an activating group) is 1. The van der Waals surface area contributed by atoms with E-state index in [0.717, 1.165) is 17.4 Å². The minimum Gasteiger partial charge on any atom is -0.340 e. The zero-order chi connectivity index (χ0) is 20.2. The van der Waals surface area contributed by atoms with E-state index in [0.29, 0.717) is 23.7 Å². The molecule has 7 heteroatoms. The van der Waals surface area contributed by atoms with Crippen LogP contribution in [0.4, 0.5) is 5.69 Å². The Kier molecular flexibility index (Phi) is 6.89.